The predicted molar refractivity (Wildman–Crippen MR) is 67.7 cm³/mol. The fraction of sp³-hybridized carbons (Fsp3) is 0.667. The Labute approximate surface area is 107 Å². The molecule has 0 bridgehead atoms. The Kier molecular flexibility index (Phi) is 5.15. The molecule has 102 valence electrons. The highest BCUT2D eigenvalue weighted by Gasteiger charge is 2.16. The van der Waals surface area contributed by atoms with E-state index < -0.39 is 5.97 Å². The van der Waals surface area contributed by atoms with Crippen LogP contribution in [0.3, 0.4) is 0 Å². The average molecular weight is 255 g/mol. The molecule has 1 N–H and O–H groups in total. The molecule has 1 aromatic heterocycles. The number of hydrogen-bond acceptors (Lipinski definition) is 4. The number of nitrogens with zero attached hydrogens (tertiary/aromatic N) is 3. The van der Waals surface area contributed by atoms with Gasteiger partial charge in [0.2, 0.25) is 5.88 Å². The summed E-state index contributed by atoms with van der Waals surface area (Å²) in [7, 11) is 3.45. The van der Waals surface area contributed by atoms with Crippen LogP contribution in [0.5, 0.6) is 5.88 Å². The number of carboxylic acid groups (broad SMARTS) is 1. The molecule has 0 amide bonds. The van der Waals surface area contributed by atoms with Gasteiger partial charge in [-0.2, -0.15) is 5.10 Å². The summed E-state index contributed by atoms with van der Waals surface area (Å²) in [6.07, 6.45) is 0.148. The van der Waals surface area contributed by atoms with Crippen molar-refractivity contribution in [3.63, 3.8) is 0 Å². The third-order valence-electron chi connectivity index (χ3n) is 2.95. The van der Waals surface area contributed by atoms with Crippen molar-refractivity contribution in [1.82, 2.24) is 14.7 Å². The van der Waals surface area contributed by atoms with E-state index >= 15 is 0 Å². The Hall–Kier alpha value is -1.56. The van der Waals surface area contributed by atoms with Gasteiger partial charge in [0.15, 0.2) is 0 Å². The van der Waals surface area contributed by atoms with Crippen LogP contribution >= 0.6 is 0 Å². The SMILES string of the molecule is CCN(CCC(=O)O)Cc1c(C)nn(C)c1OC. The van der Waals surface area contributed by atoms with Crippen LogP contribution in [-0.2, 0) is 18.4 Å². The van der Waals surface area contributed by atoms with E-state index in [2.05, 4.69) is 10.00 Å². The Morgan fingerprint density at radius 1 is 1.56 bits per heavy atom. The van der Waals surface area contributed by atoms with Gasteiger partial charge in [0.1, 0.15) is 0 Å². The topological polar surface area (TPSA) is 67.6 Å². The Bertz CT molecular complexity index is 415. The predicted octanol–water partition coefficient (Wildman–Crippen LogP) is 1.03. The molecule has 18 heavy (non-hydrogen) atoms. The third kappa shape index (κ3) is 3.46. The Morgan fingerprint density at radius 2 is 2.22 bits per heavy atom. The quantitative estimate of drug-likeness (QED) is 0.788. The molecule has 1 aromatic rings. The van der Waals surface area contributed by atoms with Crippen molar-refractivity contribution in [2.75, 3.05) is 20.2 Å². The van der Waals surface area contributed by atoms with E-state index in [1.165, 1.54) is 0 Å². The molecule has 0 aliphatic heterocycles. The van der Waals surface area contributed by atoms with Crippen molar-refractivity contribution < 1.29 is 14.6 Å². The number of ether oxygens (including phenoxy) is 1. The van der Waals surface area contributed by atoms with Crippen molar-refractivity contribution in [1.29, 1.82) is 0 Å². The summed E-state index contributed by atoms with van der Waals surface area (Å²) in [5.74, 6) is -0.0374. The highest BCUT2D eigenvalue weighted by atomic mass is 16.5. The van der Waals surface area contributed by atoms with E-state index in [0.717, 1.165) is 23.7 Å². The van der Waals surface area contributed by atoms with Crippen LogP contribution in [0.4, 0.5) is 0 Å². The second-order valence-electron chi connectivity index (χ2n) is 4.21. The number of carbonyl (C=O) groups is 1. The van der Waals surface area contributed by atoms with Crippen LogP contribution in [0, 0.1) is 6.92 Å². The average Bonchev–Trinajstić information content (AvgIpc) is 2.58. The van der Waals surface area contributed by atoms with E-state index in [-0.39, 0.29) is 6.42 Å². The van der Waals surface area contributed by atoms with Gasteiger partial charge in [-0.3, -0.25) is 9.69 Å². The zero-order chi connectivity index (χ0) is 13.7. The Balaban J connectivity index is 2.78. The number of aryl methyl sites for hydroxylation is 2. The standard InChI is InChI=1S/C12H21N3O3/c1-5-15(7-6-11(16)17)8-10-9(2)13-14(3)12(10)18-4/h5-8H2,1-4H3,(H,16,17). The summed E-state index contributed by atoms with van der Waals surface area (Å²) in [4.78, 5) is 12.7. The molecule has 1 rings (SSSR count). The van der Waals surface area contributed by atoms with Crippen LogP contribution in [0.25, 0.3) is 0 Å². The van der Waals surface area contributed by atoms with Crippen molar-refractivity contribution in [2.45, 2.75) is 26.8 Å². The summed E-state index contributed by atoms with van der Waals surface area (Å²) in [5.41, 5.74) is 1.94. The van der Waals surface area contributed by atoms with Crippen molar-refractivity contribution in [3.05, 3.63) is 11.3 Å². The first-order valence-corrected chi connectivity index (χ1v) is 6.00. The maximum absolute atomic E-state index is 10.6. The van der Waals surface area contributed by atoms with Crippen molar-refractivity contribution >= 4 is 5.97 Å². The zero-order valence-corrected chi connectivity index (χ0v) is 11.4. The molecular weight excluding hydrogens is 234 g/mol. The number of rotatable bonds is 7. The first kappa shape index (κ1) is 14.5. The minimum Gasteiger partial charge on any atom is -0.481 e. The highest BCUT2D eigenvalue weighted by molar-refractivity contribution is 5.66. The summed E-state index contributed by atoms with van der Waals surface area (Å²) in [6.45, 7) is 5.93. The molecule has 0 fully saturated rings. The van der Waals surface area contributed by atoms with E-state index in [1.807, 2.05) is 20.9 Å². The van der Waals surface area contributed by atoms with Gasteiger partial charge in [-0.05, 0) is 13.5 Å². The largest absolute Gasteiger partial charge is 0.481 e. The molecule has 0 saturated carbocycles. The second kappa shape index (κ2) is 6.39. The smallest absolute Gasteiger partial charge is 0.304 e. The van der Waals surface area contributed by atoms with Crippen LogP contribution in [0.2, 0.25) is 0 Å². The molecule has 0 saturated heterocycles. The van der Waals surface area contributed by atoms with E-state index in [9.17, 15) is 4.79 Å². The van der Waals surface area contributed by atoms with E-state index in [4.69, 9.17) is 9.84 Å². The lowest BCUT2D eigenvalue weighted by atomic mass is 10.2. The maximum atomic E-state index is 10.6. The lowest BCUT2D eigenvalue weighted by Gasteiger charge is -2.19. The summed E-state index contributed by atoms with van der Waals surface area (Å²) in [5, 5.41) is 13.0. The third-order valence-corrected chi connectivity index (χ3v) is 2.95. The van der Waals surface area contributed by atoms with Crippen LogP contribution < -0.4 is 4.74 Å². The van der Waals surface area contributed by atoms with E-state index in [1.54, 1.807) is 11.8 Å². The van der Waals surface area contributed by atoms with Gasteiger partial charge in [0.25, 0.3) is 0 Å². The monoisotopic (exact) mass is 255 g/mol. The molecule has 0 aliphatic rings. The fourth-order valence-corrected chi connectivity index (χ4v) is 1.94. The molecule has 0 atom stereocenters. The normalized spacial score (nSPS) is 10.9. The summed E-state index contributed by atoms with van der Waals surface area (Å²) < 4.78 is 7.03. The van der Waals surface area contributed by atoms with Gasteiger partial charge in [-0.1, -0.05) is 6.92 Å². The van der Waals surface area contributed by atoms with Crippen LogP contribution in [-0.4, -0.2) is 46.0 Å². The molecule has 0 radical (unpaired) electrons. The number of aliphatic carboxylic acids is 1. The van der Waals surface area contributed by atoms with Gasteiger partial charge < -0.3 is 9.84 Å². The van der Waals surface area contributed by atoms with Crippen LogP contribution in [0.15, 0.2) is 0 Å². The van der Waals surface area contributed by atoms with Gasteiger partial charge >= 0.3 is 5.97 Å². The first-order valence-electron chi connectivity index (χ1n) is 6.00. The number of carboxylic acids is 1. The molecule has 0 aliphatic carbocycles. The van der Waals surface area contributed by atoms with Gasteiger partial charge in [-0.15, -0.1) is 0 Å². The minimum absolute atomic E-state index is 0.148. The first-order chi connectivity index (χ1) is 8.49. The lowest BCUT2D eigenvalue weighted by Crippen LogP contribution is -2.26. The van der Waals surface area contributed by atoms with Gasteiger partial charge in [0.05, 0.1) is 24.8 Å². The lowest BCUT2D eigenvalue weighted by molar-refractivity contribution is -0.137. The molecule has 0 aromatic carbocycles. The molecule has 6 nitrogen and oxygen atoms in total. The fourth-order valence-electron chi connectivity index (χ4n) is 1.94. The minimum atomic E-state index is -0.775. The van der Waals surface area contributed by atoms with Gasteiger partial charge in [0, 0.05) is 20.1 Å². The second-order valence-corrected chi connectivity index (χ2v) is 4.21. The number of aromatic nitrogens is 2. The Morgan fingerprint density at radius 3 is 2.72 bits per heavy atom. The van der Waals surface area contributed by atoms with Crippen LogP contribution in [0.1, 0.15) is 24.6 Å². The highest BCUT2D eigenvalue weighted by Crippen LogP contribution is 2.22. The van der Waals surface area contributed by atoms with E-state index in [0.29, 0.717) is 13.1 Å². The maximum Gasteiger partial charge on any atom is 0.304 e. The molecule has 0 unspecified atom stereocenters. The van der Waals surface area contributed by atoms with Gasteiger partial charge in [-0.25, -0.2) is 4.68 Å². The zero-order valence-electron chi connectivity index (χ0n) is 11.4. The number of hydrogen-bond donors (Lipinski definition) is 1. The van der Waals surface area contributed by atoms with Crippen molar-refractivity contribution in [3.8, 4) is 5.88 Å². The molecule has 1 heterocycles. The molecular formula is C12H21N3O3. The van der Waals surface area contributed by atoms with Crippen molar-refractivity contribution in [2.24, 2.45) is 7.05 Å². The summed E-state index contributed by atoms with van der Waals surface area (Å²) >= 11 is 0. The summed E-state index contributed by atoms with van der Waals surface area (Å²) in [6, 6.07) is 0. The molecule has 6 heteroatoms. The molecule has 0 spiro atoms. The number of methoxy groups -OCH3 is 1.